The van der Waals surface area contributed by atoms with E-state index in [1.54, 1.807) is 6.08 Å². The fraction of sp³-hybridized carbons (Fsp3) is 0.538. The maximum absolute atomic E-state index is 3.56. The Morgan fingerprint density at radius 2 is 1.31 bits per heavy atom. The lowest BCUT2D eigenvalue weighted by Crippen LogP contribution is -1.74. The van der Waals surface area contributed by atoms with E-state index in [1.807, 2.05) is 45.9 Å². The van der Waals surface area contributed by atoms with Crippen LogP contribution in [0.3, 0.4) is 0 Å². The highest BCUT2D eigenvalue weighted by molar-refractivity contribution is 5.09. The Bertz CT molecular complexity index is 116. The van der Waals surface area contributed by atoms with Crippen molar-refractivity contribution in [2.45, 2.75) is 41.5 Å². The second-order valence-electron chi connectivity index (χ2n) is 2.25. The van der Waals surface area contributed by atoms with Gasteiger partial charge in [-0.1, -0.05) is 78.5 Å². The second kappa shape index (κ2) is 22.5. The van der Waals surface area contributed by atoms with E-state index in [-0.39, 0.29) is 0 Å². The molecule has 0 aromatic heterocycles. The quantitative estimate of drug-likeness (QED) is 0.539. The zero-order valence-electron chi connectivity index (χ0n) is 10.2. The molecule has 0 fully saturated rings. The van der Waals surface area contributed by atoms with Crippen molar-refractivity contribution in [2.24, 2.45) is 5.92 Å². The van der Waals surface area contributed by atoms with Crippen molar-refractivity contribution >= 4 is 0 Å². The fourth-order valence-electron chi connectivity index (χ4n) is 0.429. The van der Waals surface area contributed by atoms with Gasteiger partial charge in [-0.15, -0.1) is 0 Å². The Labute approximate surface area is 85.1 Å². The van der Waals surface area contributed by atoms with Crippen LogP contribution in [0.4, 0.5) is 0 Å². The summed E-state index contributed by atoms with van der Waals surface area (Å²) in [6.45, 7) is 15.9. The Balaban J connectivity index is -0.000000218. The number of allylic oxidation sites excluding steroid dienone is 5. The van der Waals surface area contributed by atoms with Gasteiger partial charge in [0.1, 0.15) is 0 Å². The fourth-order valence-corrected chi connectivity index (χ4v) is 0.429. The zero-order chi connectivity index (χ0) is 11.1. The van der Waals surface area contributed by atoms with Gasteiger partial charge in [0, 0.05) is 0 Å². The highest BCUT2D eigenvalue weighted by Crippen LogP contribution is 1.92. The zero-order valence-corrected chi connectivity index (χ0v) is 10.2. The van der Waals surface area contributed by atoms with E-state index in [1.165, 1.54) is 0 Å². The smallest absolute Gasteiger partial charge is 0.0287 e. The van der Waals surface area contributed by atoms with E-state index in [0.29, 0.717) is 5.92 Å². The van der Waals surface area contributed by atoms with Crippen molar-refractivity contribution in [3.8, 4) is 0 Å². The van der Waals surface area contributed by atoms with E-state index in [4.69, 9.17) is 0 Å². The molecule has 0 spiro atoms. The first-order chi connectivity index (χ1) is 6.27. The summed E-state index contributed by atoms with van der Waals surface area (Å²) >= 11 is 0. The average molecular weight is 182 g/mol. The normalized spacial score (nSPS) is 9.15. The molecule has 0 atom stereocenters. The molecule has 0 bridgehead atoms. The molecule has 0 unspecified atom stereocenters. The van der Waals surface area contributed by atoms with Gasteiger partial charge in [0.25, 0.3) is 0 Å². The van der Waals surface area contributed by atoms with Crippen molar-refractivity contribution < 1.29 is 0 Å². The Kier molecular flexibility index (Phi) is 31.3. The molecular weight excluding hydrogens is 156 g/mol. The van der Waals surface area contributed by atoms with Gasteiger partial charge in [0.2, 0.25) is 0 Å². The molecule has 0 heteroatoms. The Hall–Kier alpha value is -0.780. The third kappa shape index (κ3) is 35.0. The first-order valence-electron chi connectivity index (χ1n) is 5.23. The van der Waals surface area contributed by atoms with Gasteiger partial charge in [-0.2, -0.15) is 0 Å². The number of hydrogen-bond donors (Lipinski definition) is 0. The Morgan fingerprint density at radius 3 is 1.62 bits per heavy atom. The van der Waals surface area contributed by atoms with Crippen molar-refractivity contribution in [3.63, 3.8) is 0 Å². The minimum atomic E-state index is 0.638. The van der Waals surface area contributed by atoms with Crippen LogP contribution in [0.5, 0.6) is 0 Å². The van der Waals surface area contributed by atoms with Crippen LogP contribution in [0, 0.1) is 5.92 Å². The first-order valence-corrected chi connectivity index (χ1v) is 5.23. The van der Waals surface area contributed by atoms with Gasteiger partial charge < -0.3 is 0 Å². The van der Waals surface area contributed by atoms with Crippen LogP contribution >= 0.6 is 0 Å². The van der Waals surface area contributed by atoms with E-state index < -0.39 is 0 Å². The van der Waals surface area contributed by atoms with Gasteiger partial charge in [0.15, 0.2) is 0 Å². The lowest BCUT2D eigenvalue weighted by molar-refractivity contribution is 0.832. The van der Waals surface area contributed by atoms with E-state index >= 15 is 0 Å². The minimum Gasteiger partial charge on any atom is -0.0991 e. The van der Waals surface area contributed by atoms with Crippen molar-refractivity contribution in [2.75, 3.05) is 0 Å². The molecule has 0 N–H and O–H groups in total. The maximum atomic E-state index is 3.56. The Morgan fingerprint density at radius 1 is 0.846 bits per heavy atom. The van der Waals surface area contributed by atoms with Crippen LogP contribution in [0.15, 0.2) is 37.0 Å². The molecule has 0 aliphatic rings. The van der Waals surface area contributed by atoms with E-state index in [2.05, 4.69) is 26.5 Å². The SMILES string of the molecule is C=C/C=C\C=C/C(C)C.CC.CC. The molecule has 0 radical (unpaired) electrons. The average Bonchev–Trinajstić information content (AvgIpc) is 2.19. The minimum absolute atomic E-state index is 0.638. The predicted molar refractivity (Wildman–Crippen MR) is 66.0 cm³/mol. The van der Waals surface area contributed by atoms with Gasteiger partial charge in [-0.25, -0.2) is 0 Å². The van der Waals surface area contributed by atoms with Gasteiger partial charge in [0.05, 0.1) is 0 Å². The summed E-state index contributed by atoms with van der Waals surface area (Å²) in [6, 6.07) is 0. The molecular formula is C13H26. The second-order valence-corrected chi connectivity index (χ2v) is 2.25. The van der Waals surface area contributed by atoms with Crippen molar-refractivity contribution in [1.29, 1.82) is 0 Å². The highest BCUT2D eigenvalue weighted by atomic mass is 13.8. The first kappa shape index (κ1) is 18.1. The van der Waals surface area contributed by atoms with Crippen LogP contribution < -0.4 is 0 Å². The van der Waals surface area contributed by atoms with Gasteiger partial charge in [-0.3, -0.25) is 0 Å². The van der Waals surface area contributed by atoms with Crippen LogP contribution in [-0.4, -0.2) is 0 Å². The molecule has 78 valence electrons. The summed E-state index contributed by atoms with van der Waals surface area (Å²) < 4.78 is 0. The largest absolute Gasteiger partial charge is 0.0991 e. The standard InChI is InChI=1S/C9H14.2C2H6/c1-4-5-6-7-8-9(2)3;2*1-2/h4-9H,1H2,2-3H3;2*1-2H3/b6-5-,8-7-;;. The lowest BCUT2D eigenvalue weighted by atomic mass is 10.2. The highest BCUT2D eigenvalue weighted by Gasteiger charge is 1.78. The molecule has 0 saturated carbocycles. The summed E-state index contributed by atoms with van der Waals surface area (Å²) in [6.07, 6.45) is 9.84. The molecule has 0 heterocycles. The van der Waals surface area contributed by atoms with E-state index in [0.717, 1.165) is 0 Å². The molecule has 13 heavy (non-hydrogen) atoms. The van der Waals surface area contributed by atoms with Gasteiger partial charge in [-0.05, 0) is 5.92 Å². The van der Waals surface area contributed by atoms with Crippen molar-refractivity contribution in [1.82, 2.24) is 0 Å². The summed E-state index contributed by atoms with van der Waals surface area (Å²) in [7, 11) is 0. The third-order valence-electron chi connectivity index (χ3n) is 0.854. The van der Waals surface area contributed by atoms with Crippen LogP contribution in [0.1, 0.15) is 41.5 Å². The van der Waals surface area contributed by atoms with Crippen LogP contribution in [0.25, 0.3) is 0 Å². The molecule has 0 aliphatic heterocycles. The summed E-state index contributed by atoms with van der Waals surface area (Å²) in [4.78, 5) is 0. The molecule has 0 saturated heterocycles. The third-order valence-corrected chi connectivity index (χ3v) is 0.854. The summed E-state index contributed by atoms with van der Waals surface area (Å²) in [5, 5.41) is 0. The topological polar surface area (TPSA) is 0 Å². The molecule has 0 aromatic carbocycles. The van der Waals surface area contributed by atoms with Crippen LogP contribution in [0.2, 0.25) is 0 Å². The monoisotopic (exact) mass is 182 g/mol. The number of hydrogen-bond acceptors (Lipinski definition) is 0. The van der Waals surface area contributed by atoms with Gasteiger partial charge >= 0.3 is 0 Å². The summed E-state index contributed by atoms with van der Waals surface area (Å²) in [5.41, 5.74) is 0. The van der Waals surface area contributed by atoms with Crippen molar-refractivity contribution in [3.05, 3.63) is 37.0 Å². The summed E-state index contributed by atoms with van der Waals surface area (Å²) in [5.74, 6) is 0.638. The molecule has 0 rings (SSSR count). The lowest BCUT2D eigenvalue weighted by Gasteiger charge is -1.88. The van der Waals surface area contributed by atoms with E-state index in [9.17, 15) is 0 Å². The molecule has 0 aromatic rings. The molecule has 0 nitrogen and oxygen atoms in total. The molecule has 0 aliphatic carbocycles. The predicted octanol–water partition coefficient (Wildman–Crippen LogP) is 4.99. The van der Waals surface area contributed by atoms with Crippen LogP contribution in [-0.2, 0) is 0 Å². The molecule has 0 amide bonds. The maximum Gasteiger partial charge on any atom is -0.0287 e. The number of rotatable bonds is 3.